The van der Waals surface area contributed by atoms with Gasteiger partial charge in [-0.2, -0.15) is 0 Å². The van der Waals surface area contributed by atoms with E-state index in [4.69, 9.17) is 4.42 Å². The fraction of sp³-hybridized carbons (Fsp3) is 0.412. The van der Waals surface area contributed by atoms with Gasteiger partial charge in [0, 0.05) is 64.8 Å². The number of halogens is 6. The number of fused-ring (bicyclic) bond motifs is 2. The molecule has 270 valence electrons. The molecule has 2 aliphatic rings. The average molecular weight is 717 g/mol. The molecule has 0 N–H and O–H groups in total. The van der Waals surface area contributed by atoms with Crippen molar-refractivity contribution in [3.05, 3.63) is 68.2 Å². The maximum absolute atomic E-state index is 16.1. The van der Waals surface area contributed by atoms with Gasteiger partial charge in [-0.25, -0.2) is 26.3 Å². The lowest BCUT2D eigenvalue weighted by molar-refractivity contribution is 0.310. The van der Waals surface area contributed by atoms with E-state index in [0.29, 0.717) is 52.4 Å². The Morgan fingerprint density at radius 3 is 1.35 bits per heavy atom. The van der Waals surface area contributed by atoms with Crippen molar-refractivity contribution in [2.75, 3.05) is 89.6 Å². The Hall–Kier alpha value is -4.90. The molecule has 2 aromatic carbocycles. The van der Waals surface area contributed by atoms with Crippen LogP contribution in [0.4, 0.5) is 37.7 Å². The molecule has 11 nitrogen and oxygen atoms in total. The lowest BCUT2D eigenvalue weighted by atomic mass is 10.1. The van der Waals surface area contributed by atoms with Crippen molar-refractivity contribution in [2.24, 2.45) is 0 Å². The number of anilines is 2. The second-order valence-corrected chi connectivity index (χ2v) is 12.8. The highest BCUT2D eigenvalue weighted by molar-refractivity contribution is 5.88. The zero-order valence-corrected chi connectivity index (χ0v) is 27.9. The molecule has 0 radical (unpaired) electrons. The molecule has 0 aliphatic carbocycles. The molecule has 3 aromatic heterocycles. The van der Waals surface area contributed by atoms with E-state index in [9.17, 15) is 18.4 Å². The predicted octanol–water partition coefficient (Wildman–Crippen LogP) is 4.03. The van der Waals surface area contributed by atoms with Gasteiger partial charge in [0.15, 0.2) is 11.6 Å². The highest BCUT2D eigenvalue weighted by atomic mass is 19.2. The maximum atomic E-state index is 16.1. The van der Waals surface area contributed by atoms with Crippen LogP contribution in [0.15, 0.2) is 38.5 Å². The standard InChI is InChI=1S/C34H34F6N8O3/c1-43-7-11-45(12-8-43)29-23(37)15-19-27(25(29)39)47(5-3-35)17-21(31(19)49)33-41-42-34(51-33)22-18-48(6-4-36)28-20(32(22)50)16-24(38)30(26(28)40)46-13-9-44(2)10-14-46/h15-18H,3-14H2,1-2H3. The minimum atomic E-state index is -1.02. The smallest absolute Gasteiger partial charge is 0.253 e. The number of hydrogen-bond acceptors (Lipinski definition) is 9. The summed E-state index contributed by atoms with van der Waals surface area (Å²) in [6.45, 7) is 0.875. The summed E-state index contributed by atoms with van der Waals surface area (Å²) in [4.78, 5) is 34.5. The number of hydrogen-bond donors (Lipinski definition) is 0. The van der Waals surface area contributed by atoms with E-state index in [1.807, 2.05) is 23.9 Å². The van der Waals surface area contributed by atoms with Gasteiger partial charge in [-0.1, -0.05) is 0 Å². The van der Waals surface area contributed by atoms with Crippen LogP contribution in [-0.2, 0) is 13.1 Å². The molecule has 0 amide bonds. The number of alkyl halides is 2. The molecule has 0 bridgehead atoms. The number of benzene rings is 2. The third-order valence-corrected chi connectivity index (χ3v) is 9.63. The average Bonchev–Trinajstić information content (AvgIpc) is 3.59. The minimum absolute atomic E-state index is 0.305. The lowest BCUT2D eigenvalue weighted by Gasteiger charge is -2.34. The van der Waals surface area contributed by atoms with E-state index < -0.39 is 83.1 Å². The summed E-state index contributed by atoms with van der Waals surface area (Å²) in [5.74, 6) is -4.91. The van der Waals surface area contributed by atoms with Gasteiger partial charge in [-0.3, -0.25) is 9.59 Å². The quantitative estimate of drug-likeness (QED) is 0.221. The fourth-order valence-corrected chi connectivity index (χ4v) is 6.87. The largest absolute Gasteiger partial charge is 0.416 e. The first-order valence-corrected chi connectivity index (χ1v) is 16.5. The third-order valence-electron chi connectivity index (χ3n) is 9.63. The number of likely N-dealkylation sites (N-methyl/N-ethyl adjacent to an activating group) is 2. The van der Waals surface area contributed by atoms with Crippen molar-refractivity contribution in [3.63, 3.8) is 0 Å². The number of aromatic nitrogens is 4. The minimum Gasteiger partial charge on any atom is -0.416 e. The van der Waals surface area contributed by atoms with Crippen LogP contribution in [0.3, 0.4) is 0 Å². The van der Waals surface area contributed by atoms with Crippen LogP contribution in [0, 0.1) is 23.3 Å². The number of piperazine rings is 2. The lowest BCUT2D eigenvalue weighted by Crippen LogP contribution is -2.45. The van der Waals surface area contributed by atoms with E-state index in [1.165, 1.54) is 9.80 Å². The van der Waals surface area contributed by atoms with Gasteiger partial charge in [0.1, 0.15) is 47.5 Å². The van der Waals surface area contributed by atoms with Gasteiger partial charge in [-0.15, -0.1) is 10.2 Å². The highest BCUT2D eigenvalue weighted by Crippen LogP contribution is 2.34. The van der Waals surface area contributed by atoms with Crippen molar-refractivity contribution in [2.45, 2.75) is 13.1 Å². The van der Waals surface area contributed by atoms with Gasteiger partial charge < -0.3 is 33.2 Å². The zero-order valence-electron chi connectivity index (χ0n) is 27.9. The van der Waals surface area contributed by atoms with Crippen molar-refractivity contribution >= 4 is 33.2 Å². The van der Waals surface area contributed by atoms with Gasteiger partial charge in [0.2, 0.25) is 10.9 Å². The van der Waals surface area contributed by atoms with Gasteiger partial charge in [0.25, 0.3) is 11.8 Å². The summed E-state index contributed by atoms with van der Waals surface area (Å²) in [6, 6.07) is 1.78. The molecule has 0 saturated carbocycles. The first kappa shape index (κ1) is 34.5. The SMILES string of the molecule is CN1CCN(c2c(F)cc3c(=O)c(-c4nnc(-c5cn(CCF)c6c(F)c(N7CCN(C)CC7)c(F)cc6c5=O)o4)cn(CCF)c3c2F)CC1. The van der Waals surface area contributed by atoms with E-state index in [2.05, 4.69) is 10.2 Å². The molecule has 0 atom stereocenters. The van der Waals surface area contributed by atoms with Crippen LogP contribution >= 0.6 is 0 Å². The number of pyridine rings is 2. The van der Waals surface area contributed by atoms with Crippen molar-refractivity contribution in [1.29, 1.82) is 0 Å². The molecule has 2 saturated heterocycles. The molecule has 5 heterocycles. The molecule has 7 rings (SSSR count). The molecule has 17 heteroatoms. The Morgan fingerprint density at radius 2 is 1.00 bits per heavy atom. The molecular weight excluding hydrogens is 682 g/mol. The number of aryl methyl sites for hydroxylation is 2. The van der Waals surface area contributed by atoms with Gasteiger partial charge in [-0.05, 0) is 26.2 Å². The molecule has 51 heavy (non-hydrogen) atoms. The van der Waals surface area contributed by atoms with Crippen molar-refractivity contribution in [3.8, 4) is 22.9 Å². The Balaban J connectivity index is 1.33. The van der Waals surface area contributed by atoms with Crippen LogP contribution in [-0.4, -0.2) is 109 Å². The Morgan fingerprint density at radius 1 is 0.627 bits per heavy atom. The molecule has 2 fully saturated rings. The summed E-state index contributed by atoms with van der Waals surface area (Å²) < 4.78 is 98.6. The van der Waals surface area contributed by atoms with Crippen molar-refractivity contribution < 1.29 is 30.8 Å². The van der Waals surface area contributed by atoms with Gasteiger partial charge in [0.05, 0.1) is 34.9 Å². The van der Waals surface area contributed by atoms with E-state index in [-0.39, 0.29) is 33.5 Å². The Labute approximate surface area is 286 Å². The number of nitrogens with zero attached hydrogens (tertiary/aromatic N) is 8. The normalized spacial score (nSPS) is 16.2. The second kappa shape index (κ2) is 13.7. The predicted molar refractivity (Wildman–Crippen MR) is 180 cm³/mol. The summed E-state index contributed by atoms with van der Waals surface area (Å²) >= 11 is 0. The molecule has 0 spiro atoms. The Bertz CT molecular complexity index is 2100. The van der Waals surface area contributed by atoms with Crippen LogP contribution in [0.2, 0.25) is 0 Å². The summed E-state index contributed by atoms with van der Waals surface area (Å²) in [5.41, 5.74) is -3.71. The maximum Gasteiger partial charge on any atom is 0.253 e. The molecule has 2 aliphatic heterocycles. The Kier molecular flexibility index (Phi) is 9.26. The van der Waals surface area contributed by atoms with Crippen molar-refractivity contribution in [1.82, 2.24) is 29.1 Å². The van der Waals surface area contributed by atoms with E-state index in [0.717, 1.165) is 33.7 Å². The van der Waals surface area contributed by atoms with Crippen LogP contribution in [0.1, 0.15) is 0 Å². The molecule has 5 aromatic rings. The zero-order chi connectivity index (χ0) is 36.1. The summed E-state index contributed by atoms with van der Waals surface area (Å²) in [5, 5.41) is 6.97. The topological polar surface area (TPSA) is 95.9 Å². The molecular formula is C34H34F6N8O3. The first-order chi connectivity index (χ1) is 24.5. The van der Waals surface area contributed by atoms with Crippen LogP contribution < -0.4 is 20.7 Å². The first-order valence-electron chi connectivity index (χ1n) is 16.5. The van der Waals surface area contributed by atoms with Gasteiger partial charge >= 0.3 is 0 Å². The summed E-state index contributed by atoms with van der Waals surface area (Å²) in [6.07, 6.45) is 2.23. The monoisotopic (exact) mass is 716 g/mol. The van der Waals surface area contributed by atoms with E-state index >= 15 is 17.6 Å². The fourth-order valence-electron chi connectivity index (χ4n) is 6.87. The van der Waals surface area contributed by atoms with Crippen LogP contribution in [0.25, 0.3) is 44.7 Å². The molecule has 0 unspecified atom stereocenters. The highest BCUT2D eigenvalue weighted by Gasteiger charge is 2.29. The summed E-state index contributed by atoms with van der Waals surface area (Å²) in [7, 11) is 3.77. The second-order valence-electron chi connectivity index (χ2n) is 12.8. The van der Waals surface area contributed by atoms with Crippen LogP contribution in [0.5, 0.6) is 0 Å². The third kappa shape index (κ3) is 6.01. The van der Waals surface area contributed by atoms with E-state index in [1.54, 1.807) is 0 Å². The number of rotatable bonds is 8.